The van der Waals surface area contributed by atoms with E-state index in [0.29, 0.717) is 22.0 Å². The zero-order valence-electron chi connectivity index (χ0n) is 10.1. The Morgan fingerprint density at radius 1 is 1.50 bits per heavy atom. The van der Waals surface area contributed by atoms with Gasteiger partial charge in [0.2, 0.25) is 0 Å². The summed E-state index contributed by atoms with van der Waals surface area (Å²) in [5, 5.41) is 17.5. The van der Waals surface area contributed by atoms with Crippen molar-refractivity contribution in [1.29, 1.82) is 5.26 Å². The quantitative estimate of drug-likeness (QED) is 0.898. The van der Waals surface area contributed by atoms with Crippen LogP contribution < -0.4 is 5.73 Å². The van der Waals surface area contributed by atoms with Crippen molar-refractivity contribution < 1.29 is 0 Å². The molecule has 0 saturated carbocycles. The molecule has 0 fully saturated rings. The van der Waals surface area contributed by atoms with Gasteiger partial charge in [-0.05, 0) is 32.0 Å². The van der Waals surface area contributed by atoms with Crippen LogP contribution in [0.15, 0.2) is 18.2 Å². The lowest BCUT2D eigenvalue weighted by molar-refractivity contribution is 0.756. The first kappa shape index (κ1) is 12.6. The molecule has 1 atom stereocenters. The van der Waals surface area contributed by atoms with Gasteiger partial charge in [-0.15, -0.1) is 5.10 Å². The molecular formula is C12H12ClN5. The number of nitrogens with zero attached hydrogens (tertiary/aromatic N) is 4. The SMILES string of the molecule is Cc1c(C(C)N)nnn1-c1cc(C#N)ccc1Cl. The van der Waals surface area contributed by atoms with E-state index < -0.39 is 0 Å². The minimum atomic E-state index is -0.198. The molecule has 0 spiro atoms. The van der Waals surface area contributed by atoms with Gasteiger partial charge >= 0.3 is 0 Å². The molecule has 2 N–H and O–H groups in total. The van der Waals surface area contributed by atoms with Crippen molar-refractivity contribution >= 4 is 11.6 Å². The van der Waals surface area contributed by atoms with Crippen LogP contribution in [-0.2, 0) is 0 Å². The number of hydrogen-bond donors (Lipinski definition) is 1. The predicted octanol–water partition coefficient (Wildman–Crippen LogP) is 2.12. The Morgan fingerprint density at radius 2 is 2.22 bits per heavy atom. The van der Waals surface area contributed by atoms with E-state index in [-0.39, 0.29) is 6.04 Å². The van der Waals surface area contributed by atoms with Crippen LogP contribution >= 0.6 is 11.6 Å². The maximum atomic E-state index is 8.90. The molecular weight excluding hydrogens is 250 g/mol. The minimum absolute atomic E-state index is 0.198. The van der Waals surface area contributed by atoms with Crippen LogP contribution in [0.2, 0.25) is 5.02 Å². The predicted molar refractivity (Wildman–Crippen MR) is 68.4 cm³/mol. The number of rotatable bonds is 2. The molecule has 1 unspecified atom stereocenters. The van der Waals surface area contributed by atoms with Crippen molar-refractivity contribution in [2.24, 2.45) is 5.73 Å². The van der Waals surface area contributed by atoms with Crippen LogP contribution in [0, 0.1) is 18.3 Å². The Balaban J connectivity index is 2.59. The highest BCUT2D eigenvalue weighted by Crippen LogP contribution is 2.24. The van der Waals surface area contributed by atoms with Gasteiger partial charge in [0.25, 0.3) is 0 Å². The summed E-state index contributed by atoms with van der Waals surface area (Å²) in [7, 11) is 0. The van der Waals surface area contributed by atoms with Crippen molar-refractivity contribution in [1.82, 2.24) is 15.0 Å². The molecule has 0 radical (unpaired) electrons. The van der Waals surface area contributed by atoms with Crippen LogP contribution in [0.5, 0.6) is 0 Å². The normalized spacial score (nSPS) is 12.2. The van der Waals surface area contributed by atoms with Crippen LogP contribution in [-0.4, -0.2) is 15.0 Å². The smallest absolute Gasteiger partial charge is 0.102 e. The summed E-state index contributed by atoms with van der Waals surface area (Å²) in [5.74, 6) is 0. The van der Waals surface area contributed by atoms with Gasteiger partial charge in [-0.3, -0.25) is 0 Å². The van der Waals surface area contributed by atoms with Crippen LogP contribution in [0.1, 0.15) is 29.9 Å². The Bertz CT molecular complexity index is 624. The zero-order chi connectivity index (χ0) is 13.3. The average molecular weight is 262 g/mol. The van der Waals surface area contributed by atoms with E-state index in [1.807, 2.05) is 13.8 Å². The molecule has 1 heterocycles. The van der Waals surface area contributed by atoms with Gasteiger partial charge in [0, 0.05) is 6.04 Å². The molecule has 6 heteroatoms. The Labute approximate surface area is 110 Å². The van der Waals surface area contributed by atoms with Gasteiger partial charge in [-0.2, -0.15) is 5.26 Å². The lowest BCUT2D eigenvalue weighted by Gasteiger charge is -2.07. The van der Waals surface area contributed by atoms with Crippen molar-refractivity contribution in [3.63, 3.8) is 0 Å². The second kappa shape index (κ2) is 4.77. The number of benzene rings is 1. The second-order valence-corrected chi connectivity index (χ2v) is 4.45. The molecule has 0 amide bonds. The summed E-state index contributed by atoms with van der Waals surface area (Å²) in [6.45, 7) is 3.71. The minimum Gasteiger partial charge on any atom is -0.323 e. The molecule has 2 aromatic rings. The number of aromatic nitrogens is 3. The molecule has 1 aromatic carbocycles. The molecule has 92 valence electrons. The second-order valence-electron chi connectivity index (χ2n) is 4.04. The van der Waals surface area contributed by atoms with Gasteiger partial charge in [-0.1, -0.05) is 16.8 Å². The Hall–Kier alpha value is -1.90. The van der Waals surface area contributed by atoms with E-state index >= 15 is 0 Å². The van der Waals surface area contributed by atoms with E-state index in [9.17, 15) is 0 Å². The van der Waals surface area contributed by atoms with Gasteiger partial charge in [0.05, 0.1) is 28.0 Å². The fraction of sp³-hybridized carbons (Fsp3) is 0.250. The highest BCUT2D eigenvalue weighted by Gasteiger charge is 2.15. The first-order valence-corrected chi connectivity index (χ1v) is 5.80. The largest absolute Gasteiger partial charge is 0.323 e. The third-order valence-corrected chi connectivity index (χ3v) is 2.98. The third kappa shape index (κ3) is 2.08. The topological polar surface area (TPSA) is 80.5 Å². The van der Waals surface area contributed by atoms with E-state index in [1.54, 1.807) is 22.9 Å². The molecule has 0 saturated heterocycles. The van der Waals surface area contributed by atoms with Gasteiger partial charge < -0.3 is 5.73 Å². The molecule has 1 aromatic heterocycles. The number of nitrogens with two attached hydrogens (primary N) is 1. The standard InChI is InChI=1S/C12H12ClN5/c1-7(15)12-8(2)18(17-16-12)11-5-9(6-14)3-4-10(11)13/h3-5,7H,15H2,1-2H3. The first-order chi connectivity index (χ1) is 8.54. The molecule has 0 aliphatic rings. The molecule has 0 aliphatic carbocycles. The Kier molecular flexibility index (Phi) is 3.32. The van der Waals surface area contributed by atoms with Crippen LogP contribution in [0.25, 0.3) is 5.69 Å². The van der Waals surface area contributed by atoms with E-state index in [2.05, 4.69) is 16.4 Å². The van der Waals surface area contributed by atoms with E-state index in [4.69, 9.17) is 22.6 Å². The summed E-state index contributed by atoms with van der Waals surface area (Å²) in [5.41, 5.74) is 8.49. The van der Waals surface area contributed by atoms with Crippen LogP contribution in [0.4, 0.5) is 0 Å². The highest BCUT2D eigenvalue weighted by atomic mass is 35.5. The maximum Gasteiger partial charge on any atom is 0.102 e. The van der Waals surface area contributed by atoms with Gasteiger partial charge in [0.15, 0.2) is 0 Å². The number of nitriles is 1. The summed E-state index contributed by atoms with van der Waals surface area (Å²) in [6.07, 6.45) is 0. The monoisotopic (exact) mass is 261 g/mol. The first-order valence-electron chi connectivity index (χ1n) is 5.42. The number of halogens is 1. The Morgan fingerprint density at radius 3 is 2.78 bits per heavy atom. The lowest BCUT2D eigenvalue weighted by atomic mass is 10.2. The van der Waals surface area contributed by atoms with E-state index in [1.165, 1.54) is 0 Å². The van der Waals surface area contributed by atoms with E-state index in [0.717, 1.165) is 5.69 Å². The number of hydrogen-bond acceptors (Lipinski definition) is 4. The lowest BCUT2D eigenvalue weighted by Crippen LogP contribution is -2.08. The fourth-order valence-electron chi connectivity index (χ4n) is 1.73. The van der Waals surface area contributed by atoms with Crippen LogP contribution in [0.3, 0.4) is 0 Å². The van der Waals surface area contributed by atoms with Crippen molar-refractivity contribution in [3.8, 4) is 11.8 Å². The summed E-state index contributed by atoms with van der Waals surface area (Å²) >= 11 is 6.12. The van der Waals surface area contributed by atoms with Crippen molar-refractivity contribution in [2.75, 3.05) is 0 Å². The maximum absolute atomic E-state index is 8.90. The fourth-order valence-corrected chi connectivity index (χ4v) is 1.93. The summed E-state index contributed by atoms with van der Waals surface area (Å²) in [6, 6.07) is 6.87. The molecule has 18 heavy (non-hydrogen) atoms. The van der Waals surface area contributed by atoms with Crippen molar-refractivity contribution in [2.45, 2.75) is 19.9 Å². The van der Waals surface area contributed by atoms with Gasteiger partial charge in [-0.25, -0.2) is 4.68 Å². The zero-order valence-corrected chi connectivity index (χ0v) is 10.8. The molecule has 5 nitrogen and oxygen atoms in total. The highest BCUT2D eigenvalue weighted by molar-refractivity contribution is 6.32. The summed E-state index contributed by atoms with van der Waals surface area (Å²) < 4.78 is 1.60. The molecule has 0 aliphatic heterocycles. The molecule has 2 rings (SSSR count). The van der Waals surface area contributed by atoms with Gasteiger partial charge in [0.1, 0.15) is 5.69 Å². The average Bonchev–Trinajstić information content (AvgIpc) is 2.72. The van der Waals surface area contributed by atoms with Crippen molar-refractivity contribution in [3.05, 3.63) is 40.2 Å². The summed E-state index contributed by atoms with van der Waals surface area (Å²) in [4.78, 5) is 0. The molecule has 0 bridgehead atoms. The third-order valence-electron chi connectivity index (χ3n) is 2.67.